The summed E-state index contributed by atoms with van der Waals surface area (Å²) in [5, 5.41) is 0. The van der Waals surface area contributed by atoms with Gasteiger partial charge in [-0.2, -0.15) is 4.98 Å². The largest absolute Gasteiger partial charge is 0.384 e. The predicted molar refractivity (Wildman–Crippen MR) is 86.4 cm³/mol. The molecule has 2 saturated heterocycles. The molecule has 2 N–H and O–H groups in total. The van der Waals surface area contributed by atoms with Gasteiger partial charge in [-0.05, 0) is 39.2 Å². The Morgan fingerprint density at radius 2 is 2.14 bits per heavy atom. The Bertz CT molecular complexity index is 561. The van der Waals surface area contributed by atoms with Gasteiger partial charge in [0, 0.05) is 43.7 Å². The van der Waals surface area contributed by atoms with Crippen LogP contribution in [0.2, 0.25) is 0 Å². The van der Waals surface area contributed by atoms with Crippen LogP contribution in [0.1, 0.15) is 39.5 Å². The van der Waals surface area contributed by atoms with Crippen molar-refractivity contribution in [2.45, 2.75) is 45.6 Å². The quantitative estimate of drug-likeness (QED) is 0.899. The van der Waals surface area contributed by atoms with E-state index in [1.54, 1.807) is 12.3 Å². The Labute approximate surface area is 131 Å². The number of anilines is 2. The first-order valence-electron chi connectivity index (χ1n) is 8.12. The topological polar surface area (TPSA) is 75.3 Å². The number of hydrogen-bond donors (Lipinski definition) is 1. The van der Waals surface area contributed by atoms with Crippen LogP contribution in [0.4, 0.5) is 11.8 Å². The molecule has 1 atom stereocenters. The van der Waals surface area contributed by atoms with Gasteiger partial charge in [0.1, 0.15) is 5.82 Å². The average molecular weight is 303 g/mol. The molecule has 0 saturated carbocycles. The number of likely N-dealkylation sites (tertiary alicyclic amines) is 1. The van der Waals surface area contributed by atoms with Crippen LogP contribution >= 0.6 is 0 Å². The molecular formula is C16H25N5O. The van der Waals surface area contributed by atoms with Gasteiger partial charge >= 0.3 is 0 Å². The Balaban J connectivity index is 1.79. The van der Waals surface area contributed by atoms with E-state index in [0.717, 1.165) is 32.5 Å². The lowest BCUT2D eigenvalue weighted by Crippen LogP contribution is -2.55. The zero-order valence-corrected chi connectivity index (χ0v) is 13.5. The van der Waals surface area contributed by atoms with E-state index >= 15 is 0 Å². The number of hydrogen-bond acceptors (Lipinski definition) is 5. The molecule has 120 valence electrons. The van der Waals surface area contributed by atoms with Crippen molar-refractivity contribution in [3.8, 4) is 0 Å². The first-order chi connectivity index (χ1) is 10.5. The monoisotopic (exact) mass is 303 g/mol. The zero-order chi connectivity index (χ0) is 15.7. The van der Waals surface area contributed by atoms with Crippen molar-refractivity contribution in [3.63, 3.8) is 0 Å². The van der Waals surface area contributed by atoms with Gasteiger partial charge in [-0.1, -0.05) is 0 Å². The van der Waals surface area contributed by atoms with E-state index in [4.69, 9.17) is 5.73 Å². The summed E-state index contributed by atoms with van der Waals surface area (Å²) in [5.41, 5.74) is 5.96. The number of nitrogen functional groups attached to an aromatic ring is 1. The Kier molecular flexibility index (Phi) is 3.93. The van der Waals surface area contributed by atoms with Crippen LogP contribution in [0, 0.1) is 5.41 Å². The van der Waals surface area contributed by atoms with Gasteiger partial charge in [-0.3, -0.25) is 4.79 Å². The number of piperidine rings is 2. The predicted octanol–water partition coefficient (Wildman–Crippen LogP) is 1.68. The number of aromatic nitrogens is 2. The minimum Gasteiger partial charge on any atom is -0.384 e. The highest BCUT2D eigenvalue weighted by molar-refractivity contribution is 5.77. The minimum atomic E-state index is 0.171. The standard InChI is InChI=1S/C16H25N5O/c1-12(2)21-11-16(7-4-14(21)22)6-3-9-20(10-16)15-18-8-5-13(17)19-15/h5,8,12H,3-4,6-7,9-11H2,1-2H3,(H2,17,18,19)/t16-/m0/s1. The molecular weight excluding hydrogens is 278 g/mol. The van der Waals surface area contributed by atoms with Crippen molar-refractivity contribution in [3.05, 3.63) is 12.3 Å². The van der Waals surface area contributed by atoms with Gasteiger partial charge in [0.2, 0.25) is 11.9 Å². The third-order valence-electron chi connectivity index (χ3n) is 4.93. The summed E-state index contributed by atoms with van der Waals surface area (Å²) in [6, 6.07) is 1.98. The van der Waals surface area contributed by atoms with Gasteiger partial charge in [-0.25, -0.2) is 4.98 Å². The molecule has 2 aliphatic heterocycles. The van der Waals surface area contributed by atoms with Crippen molar-refractivity contribution in [2.24, 2.45) is 5.41 Å². The molecule has 3 rings (SSSR count). The van der Waals surface area contributed by atoms with Gasteiger partial charge in [0.25, 0.3) is 0 Å². The molecule has 0 bridgehead atoms. The summed E-state index contributed by atoms with van der Waals surface area (Å²) >= 11 is 0. The third-order valence-corrected chi connectivity index (χ3v) is 4.93. The molecule has 1 aromatic heterocycles. The second-order valence-corrected chi connectivity index (χ2v) is 6.92. The van der Waals surface area contributed by atoms with Crippen molar-refractivity contribution >= 4 is 17.7 Å². The Morgan fingerprint density at radius 3 is 2.86 bits per heavy atom. The fraction of sp³-hybridized carbons (Fsp3) is 0.688. The highest BCUT2D eigenvalue weighted by Gasteiger charge is 2.42. The lowest BCUT2D eigenvalue weighted by molar-refractivity contribution is -0.140. The van der Waals surface area contributed by atoms with E-state index in [9.17, 15) is 4.79 Å². The molecule has 6 heteroatoms. The molecule has 22 heavy (non-hydrogen) atoms. The fourth-order valence-corrected chi connectivity index (χ4v) is 3.74. The highest BCUT2D eigenvalue weighted by Crippen LogP contribution is 2.40. The van der Waals surface area contributed by atoms with Crippen LogP contribution in [0.25, 0.3) is 0 Å². The lowest BCUT2D eigenvalue weighted by Gasteiger charge is -2.49. The maximum Gasteiger partial charge on any atom is 0.227 e. The second-order valence-electron chi connectivity index (χ2n) is 6.92. The summed E-state index contributed by atoms with van der Waals surface area (Å²) in [5.74, 6) is 1.51. The van der Waals surface area contributed by atoms with E-state index in [0.29, 0.717) is 18.2 Å². The lowest BCUT2D eigenvalue weighted by atomic mass is 9.73. The van der Waals surface area contributed by atoms with Crippen molar-refractivity contribution < 1.29 is 4.79 Å². The molecule has 2 fully saturated rings. The average Bonchev–Trinajstić information content (AvgIpc) is 2.50. The van der Waals surface area contributed by atoms with Crippen LogP contribution in [-0.2, 0) is 4.79 Å². The molecule has 2 aliphatic rings. The van der Waals surface area contributed by atoms with Crippen LogP contribution in [0.5, 0.6) is 0 Å². The third kappa shape index (κ3) is 2.87. The van der Waals surface area contributed by atoms with Crippen molar-refractivity contribution in [1.29, 1.82) is 0 Å². The molecule has 1 aromatic rings. The molecule has 1 amide bonds. The number of carbonyl (C=O) groups is 1. The van der Waals surface area contributed by atoms with Crippen molar-refractivity contribution in [2.75, 3.05) is 30.3 Å². The first kappa shape index (κ1) is 15.1. The summed E-state index contributed by atoms with van der Waals surface area (Å²) in [6.07, 6.45) is 5.61. The molecule has 0 aromatic carbocycles. The maximum absolute atomic E-state index is 12.1. The summed E-state index contributed by atoms with van der Waals surface area (Å²) in [7, 11) is 0. The van der Waals surface area contributed by atoms with Crippen LogP contribution in [-0.4, -0.2) is 46.5 Å². The molecule has 0 unspecified atom stereocenters. The van der Waals surface area contributed by atoms with Gasteiger partial charge < -0.3 is 15.5 Å². The number of rotatable bonds is 2. The summed E-state index contributed by atoms with van der Waals surface area (Å²) in [4.78, 5) is 25.1. The fourth-order valence-electron chi connectivity index (χ4n) is 3.74. The van der Waals surface area contributed by atoms with Gasteiger partial charge in [-0.15, -0.1) is 0 Å². The summed E-state index contributed by atoms with van der Waals surface area (Å²) in [6.45, 7) is 6.91. The smallest absolute Gasteiger partial charge is 0.227 e. The molecule has 1 spiro atoms. The number of nitrogens with two attached hydrogens (primary N) is 1. The van der Waals surface area contributed by atoms with Crippen LogP contribution < -0.4 is 10.6 Å². The second kappa shape index (κ2) is 5.74. The minimum absolute atomic E-state index is 0.171. The number of carbonyl (C=O) groups excluding carboxylic acids is 1. The van der Waals surface area contributed by atoms with Crippen LogP contribution in [0.15, 0.2) is 12.3 Å². The summed E-state index contributed by atoms with van der Waals surface area (Å²) < 4.78 is 0. The number of amides is 1. The first-order valence-corrected chi connectivity index (χ1v) is 8.12. The SMILES string of the molecule is CC(C)N1C[C@@]2(CCCN(c3nccc(N)n3)C2)CCC1=O. The molecule has 6 nitrogen and oxygen atoms in total. The van der Waals surface area contributed by atoms with Crippen LogP contribution in [0.3, 0.4) is 0 Å². The van der Waals surface area contributed by atoms with E-state index in [2.05, 4.69) is 28.7 Å². The normalized spacial score (nSPS) is 26.0. The maximum atomic E-state index is 12.1. The molecule has 3 heterocycles. The van der Waals surface area contributed by atoms with E-state index in [1.807, 2.05) is 4.90 Å². The highest BCUT2D eigenvalue weighted by atomic mass is 16.2. The van der Waals surface area contributed by atoms with Gasteiger partial charge in [0.05, 0.1) is 0 Å². The van der Waals surface area contributed by atoms with E-state index < -0.39 is 0 Å². The van der Waals surface area contributed by atoms with Gasteiger partial charge in [0.15, 0.2) is 0 Å². The Morgan fingerprint density at radius 1 is 1.32 bits per heavy atom. The molecule has 0 aliphatic carbocycles. The van der Waals surface area contributed by atoms with Crippen molar-refractivity contribution in [1.82, 2.24) is 14.9 Å². The molecule has 0 radical (unpaired) electrons. The zero-order valence-electron chi connectivity index (χ0n) is 13.5. The Hall–Kier alpha value is -1.85. The number of nitrogens with zero attached hydrogens (tertiary/aromatic N) is 4. The van der Waals surface area contributed by atoms with E-state index in [-0.39, 0.29) is 17.4 Å². The van der Waals surface area contributed by atoms with E-state index in [1.165, 1.54) is 6.42 Å².